The van der Waals surface area contributed by atoms with Crippen LogP contribution in [0.3, 0.4) is 0 Å². The van der Waals surface area contributed by atoms with Crippen LogP contribution in [0.2, 0.25) is 0 Å². The molecule has 0 bridgehead atoms. The molecule has 0 saturated heterocycles. The minimum absolute atomic E-state index is 0. The van der Waals surface area contributed by atoms with E-state index in [4.69, 9.17) is 0 Å². The normalized spacial score (nSPS) is 13.1. The number of carbonyl (C=O) groups excluding carboxylic acids is 1. The molecule has 2 aromatic carbocycles. The van der Waals surface area contributed by atoms with Crippen LogP contribution in [0.15, 0.2) is 24.3 Å². The van der Waals surface area contributed by atoms with Gasteiger partial charge in [-0.25, -0.2) is 8.78 Å². The summed E-state index contributed by atoms with van der Waals surface area (Å²) in [4.78, 5) is 10.7. The SMILES string of the molecule is C.Cc1cc(C(F)(C(F)(F)F)C(F)(F)F)cc(C)c1C(C)O.Cc1cc(C(F)(C(F)(F)F)C(F)(F)F)cc(C)c1C=O.[CH3-].[I-].[Mg+2]. The first-order valence-electron chi connectivity index (χ1n) is 11.1. The monoisotopic (exact) mass is 802 g/mol. The molecule has 2 nitrogen and oxygen atoms in total. The van der Waals surface area contributed by atoms with E-state index in [1.54, 1.807) is 0 Å². The average molecular weight is 803 g/mol. The topological polar surface area (TPSA) is 37.3 Å². The summed E-state index contributed by atoms with van der Waals surface area (Å²) < 4.78 is 179. The number of hydrogen-bond acceptors (Lipinski definition) is 2. The maximum atomic E-state index is 13.9. The van der Waals surface area contributed by atoms with Crippen LogP contribution < -0.4 is 24.0 Å². The number of aliphatic hydroxyl groups is 1. The van der Waals surface area contributed by atoms with Gasteiger partial charge >= 0.3 is 59.1 Å². The summed E-state index contributed by atoms with van der Waals surface area (Å²) in [7, 11) is 0. The fourth-order valence-corrected chi connectivity index (χ4v) is 4.17. The van der Waals surface area contributed by atoms with Crippen LogP contribution in [-0.4, -0.2) is 59.2 Å². The fourth-order valence-electron chi connectivity index (χ4n) is 4.17. The summed E-state index contributed by atoms with van der Waals surface area (Å²) in [5, 5.41) is 9.46. The van der Waals surface area contributed by atoms with E-state index in [0.717, 1.165) is 13.8 Å². The van der Waals surface area contributed by atoms with Crippen LogP contribution in [0.5, 0.6) is 0 Å². The summed E-state index contributed by atoms with van der Waals surface area (Å²) in [5.74, 6) is 0. The minimum Gasteiger partial charge on any atom is -1.00 e. The van der Waals surface area contributed by atoms with E-state index >= 15 is 0 Å². The molecule has 0 radical (unpaired) electrons. The summed E-state index contributed by atoms with van der Waals surface area (Å²) in [6, 6.07) is 1.71. The maximum Gasteiger partial charge on any atom is 2.00 e. The smallest absolute Gasteiger partial charge is 1.00 e. The van der Waals surface area contributed by atoms with Crippen LogP contribution in [0, 0.1) is 35.1 Å². The molecule has 0 aliphatic carbocycles. The van der Waals surface area contributed by atoms with Gasteiger partial charge in [0.2, 0.25) is 0 Å². The molecule has 0 aliphatic heterocycles. The van der Waals surface area contributed by atoms with Crippen LogP contribution in [0.1, 0.15) is 69.8 Å². The van der Waals surface area contributed by atoms with Gasteiger partial charge in [-0.05, 0) is 62.4 Å². The number of aldehydes is 1. The van der Waals surface area contributed by atoms with Crippen molar-refractivity contribution in [3.8, 4) is 0 Å². The molecular formula is C27H29F14IMgO2. The molecular weight excluding hydrogens is 773 g/mol. The number of benzene rings is 2. The second kappa shape index (κ2) is 16.6. The third-order valence-corrected chi connectivity index (χ3v) is 6.08. The number of aryl methyl sites for hydroxylation is 4. The Morgan fingerprint density at radius 3 is 1.00 bits per heavy atom. The van der Waals surface area contributed by atoms with Crippen molar-refractivity contribution in [2.75, 3.05) is 0 Å². The molecule has 0 fully saturated rings. The predicted octanol–water partition coefficient (Wildman–Crippen LogP) is 6.76. The van der Waals surface area contributed by atoms with Crippen LogP contribution in [0.25, 0.3) is 0 Å². The fraction of sp³-hybridized carbons (Fsp3) is 0.481. The Kier molecular flexibility index (Phi) is 18.6. The van der Waals surface area contributed by atoms with E-state index in [1.165, 1.54) is 20.8 Å². The van der Waals surface area contributed by atoms with Crippen LogP contribution >= 0.6 is 0 Å². The van der Waals surface area contributed by atoms with Gasteiger partial charge in [0.15, 0.2) is 6.29 Å². The second-order valence-electron chi connectivity index (χ2n) is 9.15. The summed E-state index contributed by atoms with van der Waals surface area (Å²) in [5.41, 5.74) is -14.4. The first-order chi connectivity index (χ1) is 18.1. The Morgan fingerprint density at radius 2 is 0.822 bits per heavy atom. The zero-order valence-electron chi connectivity index (χ0n) is 23.7. The van der Waals surface area contributed by atoms with Gasteiger partial charge in [0.05, 0.1) is 6.10 Å². The molecule has 1 unspecified atom stereocenters. The van der Waals surface area contributed by atoms with Crippen molar-refractivity contribution < 1.29 is 95.3 Å². The van der Waals surface area contributed by atoms with E-state index < -0.39 is 53.3 Å². The van der Waals surface area contributed by atoms with E-state index in [-0.39, 0.29) is 102 Å². The van der Waals surface area contributed by atoms with Crippen LogP contribution in [0.4, 0.5) is 61.5 Å². The van der Waals surface area contributed by atoms with Gasteiger partial charge in [-0.1, -0.05) is 31.7 Å². The molecule has 256 valence electrons. The molecule has 1 N–H and O–H groups in total. The van der Waals surface area contributed by atoms with Gasteiger partial charge in [-0.3, -0.25) is 4.79 Å². The number of hydrogen-bond donors (Lipinski definition) is 1. The minimum atomic E-state index is -6.16. The molecule has 1 atom stereocenters. The molecule has 2 aromatic rings. The molecule has 0 saturated carbocycles. The number of alkyl halides is 14. The quantitative estimate of drug-likeness (QED) is 0.122. The van der Waals surface area contributed by atoms with Gasteiger partial charge in [0.1, 0.15) is 0 Å². The summed E-state index contributed by atoms with van der Waals surface area (Å²) in [6.07, 6.45) is -25.4. The van der Waals surface area contributed by atoms with Gasteiger partial charge in [0.25, 0.3) is 0 Å². The number of halogens is 15. The first-order valence-corrected chi connectivity index (χ1v) is 11.1. The van der Waals surface area contributed by atoms with Gasteiger partial charge in [-0.2, -0.15) is 52.7 Å². The third kappa shape index (κ3) is 9.80. The van der Waals surface area contributed by atoms with E-state index in [1.807, 2.05) is 0 Å². The Hall–Kier alpha value is -1.41. The number of aliphatic hydroxyl groups excluding tert-OH is 1. The average Bonchev–Trinajstić information content (AvgIpc) is 2.74. The van der Waals surface area contributed by atoms with Crippen molar-refractivity contribution in [3.63, 3.8) is 0 Å². The summed E-state index contributed by atoms with van der Waals surface area (Å²) >= 11 is 0. The van der Waals surface area contributed by atoms with Crippen molar-refractivity contribution in [1.82, 2.24) is 0 Å². The van der Waals surface area contributed by atoms with Gasteiger partial charge in [-0.15, -0.1) is 0 Å². The van der Waals surface area contributed by atoms with Crippen molar-refractivity contribution in [2.24, 2.45) is 0 Å². The van der Waals surface area contributed by atoms with Gasteiger partial charge in [0, 0.05) is 16.7 Å². The van der Waals surface area contributed by atoms with Crippen LogP contribution in [-0.2, 0) is 11.3 Å². The van der Waals surface area contributed by atoms with Crippen molar-refractivity contribution in [1.29, 1.82) is 0 Å². The van der Waals surface area contributed by atoms with Crippen molar-refractivity contribution in [3.05, 3.63) is 76.2 Å². The predicted molar refractivity (Wildman–Crippen MR) is 137 cm³/mol. The van der Waals surface area contributed by atoms with Crippen molar-refractivity contribution in [2.45, 2.75) is 84.2 Å². The third-order valence-electron chi connectivity index (χ3n) is 6.08. The Labute approximate surface area is 284 Å². The maximum absolute atomic E-state index is 13.9. The first kappa shape index (κ1) is 50.4. The second-order valence-corrected chi connectivity index (χ2v) is 9.15. The Morgan fingerprint density at radius 1 is 0.600 bits per heavy atom. The van der Waals surface area contributed by atoms with Gasteiger partial charge < -0.3 is 36.5 Å². The zero-order chi connectivity index (χ0) is 32.7. The Bertz CT molecular complexity index is 1190. The standard InChI is InChI=1S/C13H13F7O.C12H9F7O.CH4.CH3.HI.Mg/c1-6-4-9(5-7(2)10(6)8(3)21)11(14,12(15,16)17)13(18,19)20;1-6-3-8(4-7(2)9(6)5-20)10(13,11(14,15)16)12(17,18)19;;;;/h4-5,8,21H,1-3H3;3-5H,1-2H3;1H4;1H3;1H;/q;;;-1;;+2/p-1. The molecule has 0 aromatic heterocycles. The largest absolute Gasteiger partial charge is 2.00 e. The zero-order valence-corrected chi connectivity index (χ0v) is 27.3. The molecule has 2 rings (SSSR count). The molecule has 0 heterocycles. The van der Waals surface area contributed by atoms with E-state index in [9.17, 15) is 71.4 Å². The molecule has 0 amide bonds. The van der Waals surface area contributed by atoms with E-state index in [2.05, 4.69) is 0 Å². The molecule has 0 spiro atoms. The molecule has 0 aliphatic rings. The number of carbonyl (C=O) groups is 1. The summed E-state index contributed by atoms with van der Waals surface area (Å²) in [6.45, 7) is 6.00. The molecule has 18 heteroatoms. The number of rotatable bonds is 4. The van der Waals surface area contributed by atoms with Crippen molar-refractivity contribution >= 4 is 29.3 Å². The Balaban J connectivity index is -0.000000343. The molecule has 45 heavy (non-hydrogen) atoms. The van der Waals surface area contributed by atoms with E-state index in [0.29, 0.717) is 24.3 Å².